The summed E-state index contributed by atoms with van der Waals surface area (Å²) in [7, 11) is 0. The maximum absolute atomic E-state index is 11.9. The lowest BCUT2D eigenvalue weighted by Crippen LogP contribution is -2.21. The Morgan fingerprint density at radius 1 is 1.05 bits per heavy atom. The zero-order chi connectivity index (χ0) is 13.8. The molecule has 0 unspecified atom stereocenters. The van der Waals surface area contributed by atoms with E-state index < -0.39 is 0 Å². The number of anilines is 2. The van der Waals surface area contributed by atoms with Gasteiger partial charge in [0.25, 0.3) is 0 Å². The number of hydrogen-bond donors (Lipinski definition) is 2. The normalized spacial score (nSPS) is 10.4. The maximum atomic E-state index is 11.9. The van der Waals surface area contributed by atoms with Crippen molar-refractivity contribution in [3.05, 3.63) is 54.6 Å². The topological polar surface area (TPSA) is 54.0 Å². The Morgan fingerprint density at radius 2 is 1.80 bits per heavy atom. The van der Waals surface area contributed by atoms with Gasteiger partial charge < -0.3 is 10.6 Å². The van der Waals surface area contributed by atoms with E-state index in [2.05, 4.69) is 15.6 Å². The number of hydrogen-bond acceptors (Lipinski definition) is 4. The predicted molar refractivity (Wildman–Crippen MR) is 83.2 cm³/mol. The molecule has 1 aromatic heterocycles. The van der Waals surface area contributed by atoms with E-state index in [-0.39, 0.29) is 12.5 Å². The fourth-order valence-electron chi connectivity index (χ4n) is 1.83. The van der Waals surface area contributed by atoms with Gasteiger partial charge in [0, 0.05) is 5.69 Å². The molecule has 3 rings (SSSR count). The number of para-hydroxylation sites is 2. The molecular formula is C15H13N3OS. The summed E-state index contributed by atoms with van der Waals surface area (Å²) in [6, 6.07) is 17.5. The highest BCUT2D eigenvalue weighted by Gasteiger charge is 2.07. The Balaban J connectivity index is 1.61. The van der Waals surface area contributed by atoms with Gasteiger partial charge in [-0.25, -0.2) is 4.98 Å². The molecule has 2 N–H and O–H groups in total. The van der Waals surface area contributed by atoms with Crippen LogP contribution in [-0.2, 0) is 4.79 Å². The quantitative estimate of drug-likeness (QED) is 0.772. The number of aromatic nitrogens is 1. The van der Waals surface area contributed by atoms with Crippen molar-refractivity contribution in [2.24, 2.45) is 0 Å². The maximum Gasteiger partial charge on any atom is 0.245 e. The van der Waals surface area contributed by atoms with Crippen LogP contribution in [0, 0.1) is 0 Å². The van der Waals surface area contributed by atoms with Crippen molar-refractivity contribution in [1.29, 1.82) is 0 Å². The second-order valence-corrected chi connectivity index (χ2v) is 5.29. The van der Waals surface area contributed by atoms with E-state index in [4.69, 9.17) is 0 Å². The number of thiazole rings is 1. The molecular weight excluding hydrogens is 270 g/mol. The number of nitrogens with one attached hydrogen (secondary N) is 2. The van der Waals surface area contributed by atoms with Crippen LogP contribution in [0.5, 0.6) is 0 Å². The fraction of sp³-hybridized carbons (Fsp3) is 0.0667. The summed E-state index contributed by atoms with van der Waals surface area (Å²) < 4.78 is 1.07. The molecule has 100 valence electrons. The smallest absolute Gasteiger partial charge is 0.245 e. The van der Waals surface area contributed by atoms with Gasteiger partial charge in [0.15, 0.2) is 5.13 Å². The molecule has 4 nitrogen and oxygen atoms in total. The molecule has 2 aromatic carbocycles. The van der Waals surface area contributed by atoms with Crippen LogP contribution in [0.4, 0.5) is 10.8 Å². The van der Waals surface area contributed by atoms with E-state index in [1.54, 1.807) is 0 Å². The van der Waals surface area contributed by atoms with E-state index in [9.17, 15) is 4.79 Å². The molecule has 0 aliphatic carbocycles. The van der Waals surface area contributed by atoms with Crippen LogP contribution >= 0.6 is 11.3 Å². The van der Waals surface area contributed by atoms with Crippen LogP contribution in [0.3, 0.4) is 0 Å². The minimum Gasteiger partial charge on any atom is -0.376 e. The van der Waals surface area contributed by atoms with Crippen LogP contribution < -0.4 is 10.6 Å². The number of benzene rings is 2. The van der Waals surface area contributed by atoms with E-state index >= 15 is 0 Å². The Morgan fingerprint density at radius 3 is 2.60 bits per heavy atom. The molecule has 5 heteroatoms. The lowest BCUT2D eigenvalue weighted by molar-refractivity contribution is -0.114. The third-order valence-corrected chi connectivity index (χ3v) is 3.72. The van der Waals surface area contributed by atoms with Crippen LogP contribution in [0.1, 0.15) is 0 Å². The zero-order valence-corrected chi connectivity index (χ0v) is 11.5. The summed E-state index contributed by atoms with van der Waals surface area (Å²) >= 11 is 1.48. The monoisotopic (exact) mass is 283 g/mol. The lowest BCUT2D eigenvalue weighted by atomic mass is 10.3. The molecule has 1 amide bonds. The minimum absolute atomic E-state index is 0.104. The van der Waals surface area contributed by atoms with Gasteiger partial charge in [-0.3, -0.25) is 4.79 Å². The second kappa shape index (κ2) is 5.71. The largest absolute Gasteiger partial charge is 0.376 e. The average molecular weight is 283 g/mol. The third kappa shape index (κ3) is 2.95. The Bertz CT molecular complexity index is 691. The minimum atomic E-state index is -0.104. The SMILES string of the molecule is O=C(CNc1ccccc1)Nc1nc2ccccc2s1. The van der Waals surface area contributed by atoms with Crippen molar-refractivity contribution in [3.8, 4) is 0 Å². The number of fused-ring (bicyclic) bond motifs is 1. The number of carbonyl (C=O) groups is 1. The van der Waals surface area contributed by atoms with E-state index in [1.165, 1.54) is 11.3 Å². The lowest BCUT2D eigenvalue weighted by Gasteiger charge is -2.05. The van der Waals surface area contributed by atoms with Crippen molar-refractivity contribution in [3.63, 3.8) is 0 Å². The van der Waals surface area contributed by atoms with Gasteiger partial charge in [0.2, 0.25) is 5.91 Å². The van der Waals surface area contributed by atoms with Crippen molar-refractivity contribution in [2.45, 2.75) is 0 Å². The van der Waals surface area contributed by atoms with Gasteiger partial charge >= 0.3 is 0 Å². The predicted octanol–water partition coefficient (Wildman–Crippen LogP) is 3.35. The number of carbonyl (C=O) groups excluding carboxylic acids is 1. The highest BCUT2D eigenvalue weighted by Crippen LogP contribution is 2.25. The van der Waals surface area contributed by atoms with Crippen LogP contribution in [0.25, 0.3) is 10.2 Å². The van der Waals surface area contributed by atoms with Crippen molar-refractivity contribution in [1.82, 2.24) is 4.98 Å². The summed E-state index contributed by atoms with van der Waals surface area (Å²) in [5.41, 5.74) is 1.83. The van der Waals surface area contributed by atoms with Gasteiger partial charge in [-0.2, -0.15) is 0 Å². The molecule has 0 fully saturated rings. The number of nitrogens with zero attached hydrogens (tertiary/aromatic N) is 1. The summed E-state index contributed by atoms with van der Waals surface area (Å²) in [6.45, 7) is 0.222. The summed E-state index contributed by atoms with van der Waals surface area (Å²) in [5.74, 6) is -0.104. The zero-order valence-electron chi connectivity index (χ0n) is 10.7. The summed E-state index contributed by atoms with van der Waals surface area (Å²) in [5, 5.41) is 6.50. The molecule has 0 saturated carbocycles. The first-order valence-electron chi connectivity index (χ1n) is 6.25. The van der Waals surface area contributed by atoms with E-state index in [1.807, 2.05) is 54.6 Å². The van der Waals surface area contributed by atoms with Gasteiger partial charge in [-0.15, -0.1) is 0 Å². The molecule has 0 aliphatic heterocycles. The van der Waals surface area contributed by atoms with E-state index in [0.29, 0.717) is 5.13 Å². The molecule has 0 atom stereocenters. The highest BCUT2D eigenvalue weighted by atomic mass is 32.1. The molecule has 0 bridgehead atoms. The van der Waals surface area contributed by atoms with Crippen LogP contribution in [0.2, 0.25) is 0 Å². The standard InChI is InChI=1S/C15H13N3OS/c19-14(10-16-11-6-2-1-3-7-11)18-15-17-12-8-4-5-9-13(12)20-15/h1-9,16H,10H2,(H,17,18,19). The molecule has 0 aliphatic rings. The molecule has 0 spiro atoms. The van der Waals surface area contributed by atoms with Crippen LogP contribution in [0.15, 0.2) is 54.6 Å². The molecule has 20 heavy (non-hydrogen) atoms. The van der Waals surface area contributed by atoms with Crippen molar-refractivity contribution >= 4 is 38.3 Å². The summed E-state index contributed by atoms with van der Waals surface area (Å²) in [6.07, 6.45) is 0. The average Bonchev–Trinajstić information content (AvgIpc) is 2.88. The summed E-state index contributed by atoms with van der Waals surface area (Å²) in [4.78, 5) is 16.2. The molecule has 1 heterocycles. The van der Waals surface area contributed by atoms with Gasteiger partial charge in [0.05, 0.1) is 16.8 Å². The first-order chi connectivity index (χ1) is 9.81. The molecule has 0 saturated heterocycles. The van der Waals surface area contributed by atoms with E-state index in [0.717, 1.165) is 15.9 Å². The molecule has 3 aromatic rings. The number of rotatable bonds is 4. The Labute approximate surface area is 120 Å². The van der Waals surface area contributed by atoms with Gasteiger partial charge in [0.1, 0.15) is 0 Å². The van der Waals surface area contributed by atoms with Crippen LogP contribution in [-0.4, -0.2) is 17.4 Å². The Kier molecular flexibility index (Phi) is 3.60. The fourth-order valence-corrected chi connectivity index (χ4v) is 2.71. The first-order valence-corrected chi connectivity index (χ1v) is 7.07. The number of amides is 1. The van der Waals surface area contributed by atoms with Crippen molar-refractivity contribution < 1.29 is 4.79 Å². The molecule has 0 radical (unpaired) electrons. The van der Waals surface area contributed by atoms with Crippen molar-refractivity contribution in [2.75, 3.05) is 17.2 Å². The second-order valence-electron chi connectivity index (χ2n) is 4.25. The third-order valence-electron chi connectivity index (χ3n) is 2.77. The Hall–Kier alpha value is -2.40. The highest BCUT2D eigenvalue weighted by molar-refractivity contribution is 7.22. The van der Waals surface area contributed by atoms with Gasteiger partial charge in [-0.1, -0.05) is 41.7 Å². The first kappa shape index (κ1) is 12.6. The van der Waals surface area contributed by atoms with Gasteiger partial charge in [-0.05, 0) is 24.3 Å².